The summed E-state index contributed by atoms with van der Waals surface area (Å²) in [6.45, 7) is 7.39. The van der Waals surface area contributed by atoms with Crippen LogP contribution in [0.3, 0.4) is 0 Å². The van der Waals surface area contributed by atoms with Crippen LogP contribution in [-0.4, -0.2) is 80.2 Å². The van der Waals surface area contributed by atoms with Gasteiger partial charge in [0.2, 0.25) is 5.95 Å². The minimum absolute atomic E-state index is 0.330. The fourth-order valence-electron chi connectivity index (χ4n) is 3.54. The summed E-state index contributed by atoms with van der Waals surface area (Å²) < 4.78 is 11.6. The minimum atomic E-state index is -0.330. The zero-order chi connectivity index (χ0) is 15.7. The molecule has 4 heterocycles. The van der Waals surface area contributed by atoms with E-state index < -0.39 is 0 Å². The third kappa shape index (κ3) is 3.13. The number of anilines is 2. The SMILES string of the molecule is CN1CCN(c2nccc(N3CCC4(CC3)OCCO4)n2)CC1. The predicted octanol–water partition coefficient (Wildman–Crippen LogP) is 0.572. The van der Waals surface area contributed by atoms with Gasteiger partial charge in [0.1, 0.15) is 5.82 Å². The first-order valence-corrected chi connectivity index (χ1v) is 8.54. The van der Waals surface area contributed by atoms with Gasteiger partial charge in [-0.15, -0.1) is 0 Å². The van der Waals surface area contributed by atoms with E-state index in [4.69, 9.17) is 14.5 Å². The van der Waals surface area contributed by atoms with E-state index in [2.05, 4.69) is 26.7 Å². The Morgan fingerprint density at radius 3 is 2.35 bits per heavy atom. The number of piperazine rings is 1. The summed E-state index contributed by atoms with van der Waals surface area (Å²) in [5.41, 5.74) is 0. The Labute approximate surface area is 137 Å². The first-order chi connectivity index (χ1) is 11.2. The van der Waals surface area contributed by atoms with Crippen molar-refractivity contribution in [2.45, 2.75) is 18.6 Å². The maximum Gasteiger partial charge on any atom is 0.227 e. The van der Waals surface area contributed by atoms with Crippen molar-refractivity contribution in [1.82, 2.24) is 14.9 Å². The molecule has 3 fully saturated rings. The van der Waals surface area contributed by atoms with Crippen LogP contribution in [0.25, 0.3) is 0 Å². The maximum absolute atomic E-state index is 5.80. The Kier molecular flexibility index (Phi) is 4.09. The highest BCUT2D eigenvalue weighted by Crippen LogP contribution is 2.32. The quantitative estimate of drug-likeness (QED) is 0.790. The van der Waals surface area contributed by atoms with Crippen LogP contribution in [0.4, 0.5) is 11.8 Å². The van der Waals surface area contributed by atoms with Crippen LogP contribution < -0.4 is 9.80 Å². The summed E-state index contributed by atoms with van der Waals surface area (Å²) in [6, 6.07) is 2.01. The number of aromatic nitrogens is 2. The number of hydrogen-bond donors (Lipinski definition) is 0. The van der Waals surface area contributed by atoms with Crippen molar-refractivity contribution in [2.75, 3.05) is 69.3 Å². The zero-order valence-corrected chi connectivity index (χ0v) is 13.8. The van der Waals surface area contributed by atoms with Crippen molar-refractivity contribution < 1.29 is 9.47 Å². The number of hydrogen-bond acceptors (Lipinski definition) is 7. The van der Waals surface area contributed by atoms with Crippen LogP contribution in [-0.2, 0) is 9.47 Å². The molecule has 3 saturated heterocycles. The summed E-state index contributed by atoms with van der Waals surface area (Å²) in [4.78, 5) is 16.2. The van der Waals surface area contributed by atoms with Gasteiger partial charge >= 0.3 is 0 Å². The molecule has 0 unspecified atom stereocenters. The lowest BCUT2D eigenvalue weighted by molar-refractivity contribution is -0.169. The highest BCUT2D eigenvalue weighted by atomic mass is 16.7. The van der Waals surface area contributed by atoms with Gasteiger partial charge in [-0.05, 0) is 13.1 Å². The van der Waals surface area contributed by atoms with Crippen LogP contribution in [0.2, 0.25) is 0 Å². The van der Waals surface area contributed by atoms with Gasteiger partial charge < -0.3 is 24.2 Å². The second-order valence-corrected chi connectivity index (χ2v) is 6.60. The highest BCUT2D eigenvalue weighted by molar-refractivity contribution is 5.44. The third-order valence-electron chi connectivity index (χ3n) is 5.08. The molecule has 1 aromatic rings. The molecule has 0 radical (unpaired) electrons. The van der Waals surface area contributed by atoms with E-state index in [9.17, 15) is 0 Å². The smallest absolute Gasteiger partial charge is 0.227 e. The molecule has 7 nitrogen and oxygen atoms in total. The average molecular weight is 319 g/mol. The number of likely N-dealkylation sites (N-methyl/N-ethyl adjacent to an activating group) is 1. The Morgan fingerprint density at radius 2 is 1.65 bits per heavy atom. The normalized spacial score (nSPS) is 25.3. The molecule has 0 aliphatic carbocycles. The number of piperidine rings is 1. The fraction of sp³-hybridized carbons (Fsp3) is 0.750. The van der Waals surface area contributed by atoms with Crippen LogP contribution >= 0.6 is 0 Å². The first-order valence-electron chi connectivity index (χ1n) is 8.54. The van der Waals surface area contributed by atoms with Crippen LogP contribution in [0.5, 0.6) is 0 Å². The number of rotatable bonds is 2. The molecule has 4 rings (SSSR count). The molecular weight excluding hydrogens is 294 g/mol. The molecular formula is C16H25N5O2. The summed E-state index contributed by atoms with van der Waals surface area (Å²) in [7, 11) is 2.16. The lowest BCUT2D eigenvalue weighted by atomic mass is 10.0. The van der Waals surface area contributed by atoms with Gasteiger partial charge in [0.05, 0.1) is 13.2 Å². The summed E-state index contributed by atoms with van der Waals surface area (Å²) in [6.07, 6.45) is 3.69. The monoisotopic (exact) mass is 319 g/mol. The predicted molar refractivity (Wildman–Crippen MR) is 87.8 cm³/mol. The number of ether oxygens (including phenoxy) is 2. The van der Waals surface area contributed by atoms with E-state index in [1.807, 2.05) is 12.3 Å². The van der Waals surface area contributed by atoms with Crippen molar-refractivity contribution in [1.29, 1.82) is 0 Å². The van der Waals surface area contributed by atoms with Crippen molar-refractivity contribution in [2.24, 2.45) is 0 Å². The zero-order valence-electron chi connectivity index (χ0n) is 13.8. The van der Waals surface area contributed by atoms with E-state index in [-0.39, 0.29) is 5.79 Å². The molecule has 7 heteroatoms. The Morgan fingerprint density at radius 1 is 0.957 bits per heavy atom. The van der Waals surface area contributed by atoms with Gasteiger partial charge in [0.25, 0.3) is 0 Å². The van der Waals surface area contributed by atoms with Gasteiger partial charge in [0, 0.05) is 58.3 Å². The molecule has 0 bridgehead atoms. The maximum atomic E-state index is 5.80. The average Bonchev–Trinajstić information content (AvgIpc) is 3.04. The van der Waals surface area contributed by atoms with E-state index in [0.717, 1.165) is 77.1 Å². The van der Waals surface area contributed by atoms with Crippen LogP contribution in [0, 0.1) is 0 Å². The van der Waals surface area contributed by atoms with Crippen molar-refractivity contribution in [3.8, 4) is 0 Å². The Bertz CT molecular complexity index is 531. The van der Waals surface area contributed by atoms with Crippen LogP contribution in [0.15, 0.2) is 12.3 Å². The lowest BCUT2D eigenvalue weighted by Crippen LogP contribution is -2.46. The Hall–Kier alpha value is -1.44. The summed E-state index contributed by atoms with van der Waals surface area (Å²) in [5.74, 6) is 1.54. The molecule has 0 saturated carbocycles. The molecule has 0 N–H and O–H groups in total. The molecule has 0 aromatic carbocycles. The van der Waals surface area contributed by atoms with E-state index in [1.165, 1.54) is 0 Å². The molecule has 3 aliphatic rings. The minimum Gasteiger partial charge on any atom is -0.356 e. The molecule has 126 valence electrons. The number of nitrogens with zero attached hydrogens (tertiary/aromatic N) is 5. The molecule has 23 heavy (non-hydrogen) atoms. The van der Waals surface area contributed by atoms with Gasteiger partial charge in [-0.25, -0.2) is 4.98 Å². The van der Waals surface area contributed by atoms with Gasteiger partial charge in [0.15, 0.2) is 5.79 Å². The van der Waals surface area contributed by atoms with Gasteiger partial charge in [-0.3, -0.25) is 0 Å². The van der Waals surface area contributed by atoms with E-state index >= 15 is 0 Å². The lowest BCUT2D eigenvalue weighted by Gasteiger charge is -2.38. The summed E-state index contributed by atoms with van der Waals surface area (Å²) >= 11 is 0. The van der Waals surface area contributed by atoms with Crippen molar-refractivity contribution in [3.05, 3.63) is 12.3 Å². The largest absolute Gasteiger partial charge is 0.356 e. The second-order valence-electron chi connectivity index (χ2n) is 6.60. The van der Waals surface area contributed by atoms with Gasteiger partial charge in [-0.2, -0.15) is 4.98 Å². The van der Waals surface area contributed by atoms with Crippen molar-refractivity contribution in [3.63, 3.8) is 0 Å². The Balaban J connectivity index is 1.42. The van der Waals surface area contributed by atoms with E-state index in [0.29, 0.717) is 0 Å². The molecule has 0 amide bonds. The van der Waals surface area contributed by atoms with Crippen molar-refractivity contribution >= 4 is 11.8 Å². The fourth-order valence-corrected chi connectivity index (χ4v) is 3.54. The molecule has 1 spiro atoms. The first kappa shape index (κ1) is 15.1. The third-order valence-corrected chi connectivity index (χ3v) is 5.08. The van der Waals surface area contributed by atoms with Gasteiger partial charge in [-0.1, -0.05) is 0 Å². The molecule has 1 aromatic heterocycles. The topological polar surface area (TPSA) is 54.0 Å². The second kappa shape index (κ2) is 6.22. The standard InChI is InChI=1S/C16H25N5O2/c1-19-8-10-21(11-9-19)15-17-5-2-14(18-15)20-6-3-16(4-7-20)22-12-13-23-16/h2,5H,3-4,6-13H2,1H3. The molecule has 0 atom stereocenters. The highest BCUT2D eigenvalue weighted by Gasteiger charge is 2.40. The van der Waals surface area contributed by atoms with E-state index in [1.54, 1.807) is 0 Å². The summed E-state index contributed by atoms with van der Waals surface area (Å²) in [5, 5.41) is 0. The molecule has 3 aliphatic heterocycles. The van der Waals surface area contributed by atoms with Crippen LogP contribution in [0.1, 0.15) is 12.8 Å².